The van der Waals surface area contributed by atoms with E-state index in [1.807, 2.05) is 77.1 Å². The molecule has 0 spiro atoms. The molecule has 0 aromatic heterocycles. The number of benzene rings is 2. The number of carbonyl (C=O) groups excluding carboxylic acids is 2. The maximum atomic E-state index is 13.4. The van der Waals surface area contributed by atoms with Gasteiger partial charge in [-0.15, -0.1) is 11.8 Å². The number of anilines is 1. The first-order valence-corrected chi connectivity index (χ1v) is 10.3. The number of amides is 2. The first kappa shape index (κ1) is 20.2. The molecule has 3 rings (SSSR count). The van der Waals surface area contributed by atoms with Crippen molar-refractivity contribution >= 4 is 34.8 Å². The molecule has 2 amide bonds. The van der Waals surface area contributed by atoms with Gasteiger partial charge in [0.15, 0.2) is 0 Å². The molecule has 0 atom stereocenters. The molecule has 0 unspecified atom stereocenters. The summed E-state index contributed by atoms with van der Waals surface area (Å²) in [5.41, 5.74) is 3.84. The summed E-state index contributed by atoms with van der Waals surface area (Å²) in [6.45, 7) is 10.5. The monoisotopic (exact) mass is 395 g/mol. The van der Waals surface area contributed by atoms with Gasteiger partial charge in [-0.3, -0.25) is 9.59 Å². The first-order chi connectivity index (χ1) is 13.3. The van der Waals surface area contributed by atoms with Crippen molar-refractivity contribution in [2.75, 3.05) is 11.5 Å². The summed E-state index contributed by atoms with van der Waals surface area (Å²) in [4.78, 5) is 28.4. The Morgan fingerprint density at radius 1 is 1.00 bits per heavy atom. The third-order valence-corrected chi connectivity index (χ3v) is 5.53. The highest BCUT2D eigenvalue weighted by atomic mass is 32.2. The number of carbonyl (C=O) groups is 2. The van der Waals surface area contributed by atoms with E-state index in [4.69, 9.17) is 4.74 Å². The topological polar surface area (TPSA) is 46.6 Å². The van der Waals surface area contributed by atoms with Gasteiger partial charge in [-0.2, -0.15) is 0 Å². The summed E-state index contributed by atoms with van der Waals surface area (Å²) in [6.07, 6.45) is 0. The van der Waals surface area contributed by atoms with Crippen LogP contribution in [0.1, 0.15) is 37.5 Å². The number of ether oxygens (including phenoxy) is 1. The van der Waals surface area contributed by atoms with Crippen molar-refractivity contribution in [1.29, 1.82) is 0 Å². The molecule has 28 heavy (non-hydrogen) atoms. The highest BCUT2D eigenvalue weighted by Crippen LogP contribution is 2.41. The summed E-state index contributed by atoms with van der Waals surface area (Å²) in [5, 5.41) is 0.184. The maximum Gasteiger partial charge on any atom is 0.272 e. The predicted molar refractivity (Wildman–Crippen MR) is 116 cm³/mol. The molecule has 0 aliphatic carbocycles. The van der Waals surface area contributed by atoms with Crippen LogP contribution in [0.3, 0.4) is 0 Å². The number of aryl methyl sites for hydroxylation is 2. The van der Waals surface area contributed by atoms with E-state index >= 15 is 0 Å². The molecule has 1 aliphatic heterocycles. The van der Waals surface area contributed by atoms with E-state index < -0.39 is 0 Å². The van der Waals surface area contributed by atoms with Gasteiger partial charge in [-0.1, -0.05) is 43.7 Å². The zero-order chi connectivity index (χ0) is 20.4. The summed E-state index contributed by atoms with van der Waals surface area (Å²) in [5.74, 6) is 0.219. The quantitative estimate of drug-likeness (QED) is 0.636. The fraction of sp³-hybridized carbons (Fsp3) is 0.304. The smallest absolute Gasteiger partial charge is 0.272 e. The normalized spacial score (nSPS) is 14.4. The Bertz CT molecular complexity index is 945. The fourth-order valence-electron chi connectivity index (χ4n) is 3.27. The van der Waals surface area contributed by atoms with Crippen LogP contribution in [0.15, 0.2) is 47.4 Å². The van der Waals surface area contributed by atoms with Crippen LogP contribution in [0.25, 0.3) is 5.57 Å². The van der Waals surface area contributed by atoms with Gasteiger partial charge in [0.2, 0.25) is 0 Å². The Labute approximate surface area is 170 Å². The average molecular weight is 396 g/mol. The Morgan fingerprint density at radius 2 is 1.68 bits per heavy atom. The van der Waals surface area contributed by atoms with Crippen molar-refractivity contribution in [3.8, 4) is 5.75 Å². The Kier molecular flexibility index (Phi) is 5.94. The second-order valence-electron chi connectivity index (χ2n) is 7.06. The van der Waals surface area contributed by atoms with Crippen molar-refractivity contribution < 1.29 is 14.3 Å². The summed E-state index contributed by atoms with van der Waals surface area (Å²) >= 11 is 1.44. The fourth-order valence-corrected chi connectivity index (χ4v) is 4.26. The van der Waals surface area contributed by atoms with Gasteiger partial charge in [0.25, 0.3) is 11.8 Å². The molecule has 1 heterocycles. The maximum absolute atomic E-state index is 13.4. The van der Waals surface area contributed by atoms with Crippen LogP contribution in [0, 0.1) is 13.8 Å². The van der Waals surface area contributed by atoms with Crippen LogP contribution >= 0.6 is 11.8 Å². The lowest BCUT2D eigenvalue weighted by Gasteiger charge is -2.18. The van der Waals surface area contributed by atoms with Gasteiger partial charge in [0, 0.05) is 5.25 Å². The zero-order valence-electron chi connectivity index (χ0n) is 16.9. The van der Waals surface area contributed by atoms with Crippen LogP contribution in [-0.4, -0.2) is 23.7 Å². The van der Waals surface area contributed by atoms with Gasteiger partial charge < -0.3 is 4.74 Å². The van der Waals surface area contributed by atoms with Crippen LogP contribution in [0.5, 0.6) is 5.75 Å². The summed E-state index contributed by atoms with van der Waals surface area (Å²) in [7, 11) is 0. The lowest BCUT2D eigenvalue weighted by atomic mass is 10.1. The number of nitrogens with zero attached hydrogens (tertiary/aromatic N) is 1. The number of thioether (sulfide) groups is 1. The van der Waals surface area contributed by atoms with E-state index in [-0.39, 0.29) is 17.1 Å². The third kappa shape index (κ3) is 3.85. The number of hydrogen-bond donors (Lipinski definition) is 0. The lowest BCUT2D eigenvalue weighted by molar-refractivity contribution is -0.119. The van der Waals surface area contributed by atoms with E-state index in [1.54, 1.807) is 0 Å². The molecule has 0 N–H and O–H groups in total. The molecule has 0 saturated heterocycles. The van der Waals surface area contributed by atoms with Gasteiger partial charge in [-0.25, -0.2) is 4.90 Å². The summed E-state index contributed by atoms with van der Waals surface area (Å²) in [6, 6.07) is 13.1. The molecule has 4 nitrogen and oxygen atoms in total. The SMILES string of the molecule is CCOc1ccc(C2=C(SC(C)C)C(=O)N(c3ccc(C)cc3C)C2=O)cc1. The molecule has 1 aliphatic rings. The van der Waals surface area contributed by atoms with E-state index in [9.17, 15) is 9.59 Å². The van der Waals surface area contributed by atoms with Crippen molar-refractivity contribution in [1.82, 2.24) is 0 Å². The molecular weight excluding hydrogens is 370 g/mol. The number of hydrogen-bond acceptors (Lipinski definition) is 4. The molecule has 0 saturated carbocycles. The molecule has 146 valence electrons. The van der Waals surface area contributed by atoms with E-state index in [0.29, 0.717) is 22.8 Å². The highest BCUT2D eigenvalue weighted by Gasteiger charge is 2.41. The number of imide groups is 1. The molecule has 2 aromatic carbocycles. The molecule has 0 radical (unpaired) electrons. The van der Waals surface area contributed by atoms with Crippen molar-refractivity contribution in [3.05, 3.63) is 64.1 Å². The van der Waals surface area contributed by atoms with Crippen molar-refractivity contribution in [3.63, 3.8) is 0 Å². The minimum absolute atomic E-state index is 0.184. The average Bonchev–Trinajstić information content (AvgIpc) is 2.86. The van der Waals surface area contributed by atoms with Gasteiger partial charge >= 0.3 is 0 Å². The number of rotatable bonds is 6. The molecule has 2 aromatic rings. The summed E-state index contributed by atoms with van der Waals surface area (Å²) < 4.78 is 5.50. The van der Waals surface area contributed by atoms with E-state index in [2.05, 4.69) is 0 Å². The van der Waals surface area contributed by atoms with E-state index in [0.717, 1.165) is 22.4 Å². The Morgan fingerprint density at radius 3 is 2.25 bits per heavy atom. The third-order valence-electron chi connectivity index (χ3n) is 4.44. The second-order valence-corrected chi connectivity index (χ2v) is 8.65. The van der Waals surface area contributed by atoms with Crippen molar-refractivity contribution in [2.24, 2.45) is 0 Å². The van der Waals surface area contributed by atoms with Gasteiger partial charge in [0.1, 0.15) is 5.75 Å². The second kappa shape index (κ2) is 8.23. The lowest BCUT2D eigenvalue weighted by Crippen LogP contribution is -2.32. The predicted octanol–water partition coefficient (Wildman–Crippen LogP) is 5.13. The van der Waals surface area contributed by atoms with Gasteiger partial charge in [-0.05, 0) is 50.1 Å². The van der Waals surface area contributed by atoms with Crippen LogP contribution < -0.4 is 9.64 Å². The first-order valence-electron chi connectivity index (χ1n) is 9.43. The minimum atomic E-state index is -0.274. The minimum Gasteiger partial charge on any atom is -0.494 e. The van der Waals surface area contributed by atoms with Crippen LogP contribution in [0.4, 0.5) is 5.69 Å². The Hall–Kier alpha value is -2.53. The van der Waals surface area contributed by atoms with E-state index in [1.165, 1.54) is 16.7 Å². The molecule has 0 fully saturated rings. The molecule has 0 bridgehead atoms. The molecule has 5 heteroatoms. The standard InChI is InChI=1S/C23H25NO3S/c1-6-27-18-10-8-17(9-11-18)20-21(28-14(2)3)23(26)24(22(20)25)19-12-7-15(4)13-16(19)5/h7-14H,6H2,1-5H3. The van der Waals surface area contributed by atoms with Crippen molar-refractivity contribution in [2.45, 2.75) is 39.9 Å². The molecular formula is C23H25NO3S. The van der Waals surface area contributed by atoms with Crippen LogP contribution in [0.2, 0.25) is 0 Å². The van der Waals surface area contributed by atoms with Crippen LogP contribution in [-0.2, 0) is 9.59 Å². The van der Waals surface area contributed by atoms with Gasteiger partial charge in [0.05, 0.1) is 22.8 Å². The Balaban J connectivity index is 2.07. The zero-order valence-corrected chi connectivity index (χ0v) is 17.7. The largest absolute Gasteiger partial charge is 0.494 e. The highest BCUT2D eigenvalue weighted by molar-refractivity contribution is 8.04.